The van der Waals surface area contributed by atoms with Crippen molar-refractivity contribution in [3.63, 3.8) is 0 Å². The van der Waals surface area contributed by atoms with E-state index in [4.69, 9.17) is 9.47 Å². The van der Waals surface area contributed by atoms with Crippen LogP contribution in [0.25, 0.3) is 0 Å². The number of hydrogen-bond donors (Lipinski definition) is 3. The van der Waals surface area contributed by atoms with Gasteiger partial charge in [-0.15, -0.1) is 0 Å². The van der Waals surface area contributed by atoms with E-state index in [1.807, 2.05) is 27.7 Å². The van der Waals surface area contributed by atoms with E-state index in [9.17, 15) is 19.5 Å². The Balaban J connectivity index is 4.36. The molecule has 1 atom stereocenters. The van der Waals surface area contributed by atoms with Gasteiger partial charge in [0.1, 0.15) is 6.04 Å². The predicted octanol–water partition coefficient (Wildman–Crippen LogP) is 4.31. The molecule has 0 aromatic rings. The molecule has 1 unspecified atom stereocenters. The molecule has 3 N–H and O–H groups in total. The monoisotopic (exact) mass is 486 g/mol. The van der Waals surface area contributed by atoms with E-state index in [2.05, 4.69) is 31.4 Å². The lowest BCUT2D eigenvalue weighted by Gasteiger charge is -2.29. The Morgan fingerprint density at radius 2 is 1.47 bits per heavy atom. The van der Waals surface area contributed by atoms with Gasteiger partial charge in [0.15, 0.2) is 0 Å². The summed E-state index contributed by atoms with van der Waals surface area (Å²) in [6, 6.07) is -1.10. The zero-order valence-corrected chi connectivity index (χ0v) is 23.0. The summed E-state index contributed by atoms with van der Waals surface area (Å²) in [5.41, 5.74) is -1.20. The van der Waals surface area contributed by atoms with Gasteiger partial charge in [-0.2, -0.15) is 0 Å². The topological polar surface area (TPSA) is 114 Å². The van der Waals surface area contributed by atoms with Gasteiger partial charge in [0.05, 0.1) is 24.4 Å². The third-order valence-corrected chi connectivity index (χ3v) is 5.76. The molecular formula is C26H50N2O6. The van der Waals surface area contributed by atoms with Gasteiger partial charge >= 0.3 is 5.97 Å². The first-order valence-corrected chi connectivity index (χ1v) is 12.6. The third kappa shape index (κ3) is 14.6. The van der Waals surface area contributed by atoms with Crippen LogP contribution in [0.3, 0.4) is 0 Å². The van der Waals surface area contributed by atoms with Crippen LogP contribution in [0.4, 0.5) is 0 Å². The predicted molar refractivity (Wildman–Crippen MR) is 135 cm³/mol. The lowest BCUT2D eigenvalue weighted by Crippen LogP contribution is -2.47. The van der Waals surface area contributed by atoms with E-state index in [1.54, 1.807) is 13.8 Å². The van der Waals surface area contributed by atoms with E-state index in [0.717, 1.165) is 19.3 Å². The van der Waals surface area contributed by atoms with Gasteiger partial charge in [-0.1, -0.05) is 41.0 Å². The van der Waals surface area contributed by atoms with Gasteiger partial charge in [-0.3, -0.25) is 9.59 Å². The molecule has 0 radical (unpaired) electrons. The highest BCUT2D eigenvalue weighted by atomic mass is 16.5. The Morgan fingerprint density at radius 1 is 0.912 bits per heavy atom. The van der Waals surface area contributed by atoms with Crippen LogP contribution in [-0.2, 0) is 23.9 Å². The van der Waals surface area contributed by atoms with Crippen LogP contribution < -0.4 is 10.6 Å². The summed E-state index contributed by atoms with van der Waals surface area (Å²) in [6.45, 7) is 19.2. The highest BCUT2D eigenvalue weighted by Crippen LogP contribution is 2.25. The number of ether oxygens (including phenoxy) is 2. The van der Waals surface area contributed by atoms with Crippen LogP contribution in [0.2, 0.25) is 0 Å². The van der Waals surface area contributed by atoms with Gasteiger partial charge in [0.2, 0.25) is 11.8 Å². The molecule has 0 heterocycles. The average Bonchev–Trinajstić information content (AvgIpc) is 2.66. The molecule has 0 aromatic carbocycles. The van der Waals surface area contributed by atoms with E-state index < -0.39 is 17.4 Å². The van der Waals surface area contributed by atoms with Gasteiger partial charge in [-0.05, 0) is 59.3 Å². The molecule has 8 nitrogen and oxygen atoms in total. The fourth-order valence-electron chi connectivity index (χ4n) is 3.93. The molecule has 2 amide bonds. The Kier molecular flexibility index (Phi) is 13.9. The molecule has 0 aliphatic heterocycles. The van der Waals surface area contributed by atoms with Crippen molar-refractivity contribution >= 4 is 17.8 Å². The Labute approximate surface area is 206 Å². The number of hydrogen-bond acceptors (Lipinski definition) is 5. The minimum atomic E-state index is -1.14. The number of carbonyl (C=O) groups is 3. The molecule has 34 heavy (non-hydrogen) atoms. The van der Waals surface area contributed by atoms with E-state index >= 15 is 0 Å². The normalized spacial score (nSPS) is 13.6. The highest BCUT2D eigenvalue weighted by Gasteiger charge is 2.32. The van der Waals surface area contributed by atoms with Crippen molar-refractivity contribution in [1.82, 2.24) is 10.6 Å². The van der Waals surface area contributed by atoms with E-state index in [1.165, 1.54) is 0 Å². The zero-order chi connectivity index (χ0) is 26.6. The summed E-state index contributed by atoms with van der Waals surface area (Å²) in [6.07, 6.45) is 3.49. The van der Waals surface area contributed by atoms with Crippen molar-refractivity contribution in [2.75, 3.05) is 19.8 Å². The second-order valence-corrected chi connectivity index (χ2v) is 11.5. The fourth-order valence-corrected chi connectivity index (χ4v) is 3.93. The number of carboxylic acids is 1. The fraction of sp³-hybridized carbons (Fsp3) is 0.885. The van der Waals surface area contributed by atoms with Crippen molar-refractivity contribution in [3.8, 4) is 0 Å². The molecule has 0 aromatic heterocycles. The molecule has 0 bridgehead atoms. The third-order valence-electron chi connectivity index (χ3n) is 5.76. The van der Waals surface area contributed by atoms with Crippen LogP contribution >= 0.6 is 0 Å². The first-order chi connectivity index (χ1) is 15.5. The van der Waals surface area contributed by atoms with Crippen molar-refractivity contribution in [2.45, 2.75) is 118 Å². The second kappa shape index (κ2) is 14.7. The minimum Gasteiger partial charge on any atom is -0.480 e. The van der Waals surface area contributed by atoms with Crippen molar-refractivity contribution in [1.29, 1.82) is 0 Å². The number of carboxylic acid groups (broad SMARTS) is 1. The summed E-state index contributed by atoms with van der Waals surface area (Å²) in [5.74, 6) is -1.42. The summed E-state index contributed by atoms with van der Waals surface area (Å²) in [7, 11) is 0. The molecule has 0 rings (SSSR count). The summed E-state index contributed by atoms with van der Waals surface area (Å²) in [4.78, 5) is 36.3. The van der Waals surface area contributed by atoms with Crippen molar-refractivity contribution < 1.29 is 29.0 Å². The quantitative estimate of drug-likeness (QED) is 0.249. The molecule has 0 aliphatic rings. The summed E-state index contributed by atoms with van der Waals surface area (Å²) >= 11 is 0. The Bertz CT molecular complexity index is 643. The first kappa shape index (κ1) is 32.3. The molecule has 0 aliphatic carbocycles. The van der Waals surface area contributed by atoms with Crippen molar-refractivity contribution in [3.05, 3.63) is 0 Å². The molecular weight excluding hydrogens is 436 g/mol. The molecule has 0 saturated heterocycles. The SMILES string of the molecule is CCCC(C)(C)OCCC(C)(C)OCCNC(=O)CCC(NC(=O)C(C)(C)CC(C)C)C(=O)O. The van der Waals surface area contributed by atoms with Gasteiger partial charge < -0.3 is 25.2 Å². The molecule has 0 fully saturated rings. The lowest BCUT2D eigenvalue weighted by molar-refractivity contribution is -0.144. The van der Waals surface area contributed by atoms with Crippen LogP contribution in [0, 0.1) is 11.3 Å². The number of nitrogens with one attached hydrogen (secondary N) is 2. The molecule has 200 valence electrons. The van der Waals surface area contributed by atoms with E-state index in [0.29, 0.717) is 32.1 Å². The summed E-state index contributed by atoms with van der Waals surface area (Å²) < 4.78 is 11.9. The van der Waals surface area contributed by atoms with Crippen LogP contribution in [-0.4, -0.2) is 59.9 Å². The van der Waals surface area contributed by atoms with E-state index in [-0.39, 0.29) is 35.9 Å². The van der Waals surface area contributed by atoms with Gasteiger partial charge in [-0.25, -0.2) is 4.79 Å². The van der Waals surface area contributed by atoms with Gasteiger partial charge in [0, 0.05) is 18.4 Å². The van der Waals surface area contributed by atoms with Crippen LogP contribution in [0.1, 0.15) is 101 Å². The summed E-state index contributed by atoms with van der Waals surface area (Å²) in [5, 5.41) is 14.8. The number of amides is 2. The van der Waals surface area contributed by atoms with Crippen LogP contribution in [0.15, 0.2) is 0 Å². The smallest absolute Gasteiger partial charge is 0.326 e. The van der Waals surface area contributed by atoms with Crippen molar-refractivity contribution in [2.24, 2.45) is 11.3 Å². The number of carbonyl (C=O) groups excluding carboxylic acids is 2. The standard InChI is InChI=1S/C26H50N2O6/c1-10-13-25(6,7)33-16-14-26(8,9)34-17-15-27-21(29)12-11-20(22(30)31)28-23(32)24(4,5)18-19(2)3/h19-20H,10-18H2,1-9H3,(H,27,29)(H,28,32)(H,30,31). The van der Waals surface area contributed by atoms with Gasteiger partial charge in [0.25, 0.3) is 0 Å². The average molecular weight is 487 g/mol. The molecule has 0 saturated carbocycles. The number of aliphatic carboxylic acids is 1. The lowest BCUT2D eigenvalue weighted by atomic mass is 9.83. The maximum atomic E-state index is 12.5. The highest BCUT2D eigenvalue weighted by molar-refractivity contribution is 5.87. The molecule has 0 spiro atoms. The number of rotatable bonds is 18. The minimum absolute atomic E-state index is 0.00556. The molecule has 8 heteroatoms. The largest absolute Gasteiger partial charge is 0.480 e. The maximum absolute atomic E-state index is 12.5. The maximum Gasteiger partial charge on any atom is 0.326 e. The van der Waals surface area contributed by atoms with Crippen LogP contribution in [0.5, 0.6) is 0 Å². The second-order valence-electron chi connectivity index (χ2n) is 11.5. The first-order valence-electron chi connectivity index (χ1n) is 12.6. The zero-order valence-electron chi connectivity index (χ0n) is 23.0. The Hall–Kier alpha value is -1.67. The Morgan fingerprint density at radius 3 is 2.00 bits per heavy atom.